The molecular formula is C13H23N3. The third-order valence-corrected chi connectivity index (χ3v) is 4.14. The quantitative estimate of drug-likeness (QED) is 0.849. The van der Waals surface area contributed by atoms with E-state index in [0.717, 1.165) is 23.5 Å². The average molecular weight is 221 g/mol. The topological polar surface area (TPSA) is 29.9 Å². The van der Waals surface area contributed by atoms with Crippen LogP contribution in [0.25, 0.3) is 0 Å². The summed E-state index contributed by atoms with van der Waals surface area (Å²) in [7, 11) is 1.95. The molecule has 3 nitrogen and oxygen atoms in total. The molecule has 0 bridgehead atoms. The van der Waals surface area contributed by atoms with Crippen molar-refractivity contribution in [3.8, 4) is 0 Å². The third-order valence-electron chi connectivity index (χ3n) is 4.14. The van der Waals surface area contributed by atoms with Crippen molar-refractivity contribution >= 4 is 5.95 Å². The molecule has 90 valence electrons. The number of nitrogens with zero attached hydrogens (tertiary/aromatic N) is 2. The number of hydrogen-bond donors (Lipinski definition) is 1. The van der Waals surface area contributed by atoms with Crippen LogP contribution in [-0.2, 0) is 0 Å². The van der Waals surface area contributed by atoms with Crippen molar-refractivity contribution in [3.05, 3.63) is 11.9 Å². The first-order valence-corrected chi connectivity index (χ1v) is 6.40. The van der Waals surface area contributed by atoms with Crippen LogP contribution in [0, 0.1) is 18.8 Å². The highest BCUT2D eigenvalue weighted by Gasteiger charge is 2.33. The van der Waals surface area contributed by atoms with Crippen LogP contribution in [0.1, 0.15) is 44.8 Å². The summed E-state index contributed by atoms with van der Waals surface area (Å²) < 4.78 is 2.34. The van der Waals surface area contributed by atoms with E-state index in [-0.39, 0.29) is 0 Å². The van der Waals surface area contributed by atoms with E-state index in [1.165, 1.54) is 19.3 Å². The van der Waals surface area contributed by atoms with Crippen molar-refractivity contribution in [1.82, 2.24) is 9.55 Å². The van der Waals surface area contributed by atoms with Crippen molar-refractivity contribution in [2.24, 2.45) is 11.8 Å². The highest BCUT2D eigenvalue weighted by molar-refractivity contribution is 5.28. The zero-order chi connectivity index (χ0) is 11.7. The minimum atomic E-state index is 0.633. The van der Waals surface area contributed by atoms with Gasteiger partial charge in [0, 0.05) is 19.3 Å². The molecule has 2 rings (SSSR count). The molecule has 1 heterocycles. The van der Waals surface area contributed by atoms with Crippen LogP contribution in [0.3, 0.4) is 0 Å². The van der Waals surface area contributed by atoms with E-state index >= 15 is 0 Å². The highest BCUT2D eigenvalue weighted by atomic mass is 15.2. The molecule has 3 atom stereocenters. The highest BCUT2D eigenvalue weighted by Crippen LogP contribution is 2.42. The van der Waals surface area contributed by atoms with Gasteiger partial charge in [-0.3, -0.25) is 0 Å². The SMILES string of the molecule is CCC1CCC(n2cc(C)nc2NC)C1C. The lowest BCUT2D eigenvalue weighted by Gasteiger charge is -2.22. The van der Waals surface area contributed by atoms with Gasteiger partial charge < -0.3 is 9.88 Å². The van der Waals surface area contributed by atoms with Crippen molar-refractivity contribution < 1.29 is 0 Å². The summed E-state index contributed by atoms with van der Waals surface area (Å²) in [6, 6.07) is 0.633. The normalized spacial score (nSPS) is 29.6. The Morgan fingerprint density at radius 1 is 1.50 bits per heavy atom. The predicted molar refractivity (Wildman–Crippen MR) is 67.7 cm³/mol. The molecule has 0 spiro atoms. The van der Waals surface area contributed by atoms with E-state index in [4.69, 9.17) is 0 Å². The van der Waals surface area contributed by atoms with Crippen molar-refractivity contribution in [3.63, 3.8) is 0 Å². The fraction of sp³-hybridized carbons (Fsp3) is 0.769. The third kappa shape index (κ3) is 1.83. The van der Waals surface area contributed by atoms with Crippen LogP contribution in [0.15, 0.2) is 6.20 Å². The largest absolute Gasteiger partial charge is 0.359 e. The molecule has 1 fully saturated rings. The number of aryl methyl sites for hydroxylation is 1. The lowest BCUT2D eigenvalue weighted by molar-refractivity contribution is 0.331. The smallest absolute Gasteiger partial charge is 0.203 e. The molecule has 3 unspecified atom stereocenters. The van der Waals surface area contributed by atoms with Gasteiger partial charge >= 0.3 is 0 Å². The Labute approximate surface area is 98.3 Å². The van der Waals surface area contributed by atoms with E-state index in [9.17, 15) is 0 Å². The summed E-state index contributed by atoms with van der Waals surface area (Å²) in [5.41, 5.74) is 1.11. The summed E-state index contributed by atoms with van der Waals surface area (Å²) in [5, 5.41) is 3.20. The van der Waals surface area contributed by atoms with Crippen LogP contribution in [0.2, 0.25) is 0 Å². The molecule has 1 aliphatic rings. The molecule has 1 aromatic rings. The summed E-state index contributed by atoms with van der Waals surface area (Å²) in [6.07, 6.45) is 6.15. The van der Waals surface area contributed by atoms with Crippen molar-refractivity contribution in [1.29, 1.82) is 0 Å². The molecule has 0 aromatic carbocycles. The summed E-state index contributed by atoms with van der Waals surface area (Å²) in [6.45, 7) is 6.76. The number of anilines is 1. The average Bonchev–Trinajstić information content (AvgIpc) is 2.81. The van der Waals surface area contributed by atoms with Crippen LogP contribution in [0.5, 0.6) is 0 Å². The standard InChI is InChI=1S/C13H23N3/c1-5-11-6-7-12(10(11)3)16-8-9(2)15-13(16)14-4/h8,10-12H,5-7H2,1-4H3,(H,14,15). The second-order valence-electron chi connectivity index (χ2n) is 5.04. The van der Waals surface area contributed by atoms with Gasteiger partial charge in [-0.25, -0.2) is 4.98 Å². The Morgan fingerprint density at radius 2 is 2.25 bits per heavy atom. The molecular weight excluding hydrogens is 198 g/mol. The maximum absolute atomic E-state index is 4.51. The van der Waals surface area contributed by atoms with Crippen molar-refractivity contribution in [2.75, 3.05) is 12.4 Å². The second-order valence-corrected chi connectivity index (χ2v) is 5.04. The Kier molecular flexibility index (Phi) is 3.22. The fourth-order valence-corrected chi connectivity index (χ4v) is 3.15. The molecule has 0 saturated heterocycles. The van der Waals surface area contributed by atoms with Gasteiger partial charge in [-0.2, -0.15) is 0 Å². The minimum Gasteiger partial charge on any atom is -0.359 e. The molecule has 0 radical (unpaired) electrons. The van der Waals surface area contributed by atoms with E-state index in [1.54, 1.807) is 0 Å². The second kappa shape index (κ2) is 4.48. The molecule has 16 heavy (non-hydrogen) atoms. The number of aromatic nitrogens is 2. The number of imidazole rings is 1. The van der Waals surface area contributed by atoms with Gasteiger partial charge in [0.05, 0.1) is 5.69 Å². The number of rotatable bonds is 3. The van der Waals surface area contributed by atoms with E-state index in [1.807, 2.05) is 7.05 Å². The Balaban J connectivity index is 2.24. The van der Waals surface area contributed by atoms with Gasteiger partial charge in [0.25, 0.3) is 0 Å². The summed E-state index contributed by atoms with van der Waals surface area (Å²) in [5.74, 6) is 2.68. The number of nitrogens with one attached hydrogen (secondary N) is 1. The molecule has 1 saturated carbocycles. The monoisotopic (exact) mass is 221 g/mol. The van der Waals surface area contributed by atoms with Crippen LogP contribution >= 0.6 is 0 Å². The van der Waals surface area contributed by atoms with Crippen LogP contribution in [0.4, 0.5) is 5.95 Å². The lowest BCUT2D eigenvalue weighted by atomic mass is 9.93. The van der Waals surface area contributed by atoms with Gasteiger partial charge in [-0.15, -0.1) is 0 Å². The predicted octanol–water partition coefficient (Wildman–Crippen LogP) is 3.23. The first-order chi connectivity index (χ1) is 7.67. The fourth-order valence-electron chi connectivity index (χ4n) is 3.15. The van der Waals surface area contributed by atoms with Crippen LogP contribution < -0.4 is 5.32 Å². The van der Waals surface area contributed by atoms with E-state index < -0.39 is 0 Å². The maximum Gasteiger partial charge on any atom is 0.203 e. The molecule has 1 N–H and O–H groups in total. The van der Waals surface area contributed by atoms with Crippen LogP contribution in [-0.4, -0.2) is 16.6 Å². The molecule has 0 aliphatic heterocycles. The Morgan fingerprint density at radius 3 is 2.81 bits per heavy atom. The van der Waals surface area contributed by atoms with Gasteiger partial charge in [0.15, 0.2) is 0 Å². The maximum atomic E-state index is 4.51. The summed E-state index contributed by atoms with van der Waals surface area (Å²) >= 11 is 0. The Hall–Kier alpha value is -0.990. The van der Waals surface area contributed by atoms with E-state index in [0.29, 0.717) is 6.04 Å². The first-order valence-electron chi connectivity index (χ1n) is 6.40. The van der Waals surface area contributed by atoms with Gasteiger partial charge in [-0.05, 0) is 31.6 Å². The van der Waals surface area contributed by atoms with Crippen molar-refractivity contribution in [2.45, 2.75) is 46.1 Å². The zero-order valence-corrected chi connectivity index (χ0v) is 10.8. The molecule has 0 amide bonds. The lowest BCUT2D eigenvalue weighted by Crippen LogP contribution is -2.16. The minimum absolute atomic E-state index is 0.633. The first kappa shape index (κ1) is 11.5. The zero-order valence-electron chi connectivity index (χ0n) is 10.8. The molecule has 1 aliphatic carbocycles. The van der Waals surface area contributed by atoms with Gasteiger partial charge in [-0.1, -0.05) is 20.3 Å². The summed E-state index contributed by atoms with van der Waals surface area (Å²) in [4.78, 5) is 4.51. The number of hydrogen-bond acceptors (Lipinski definition) is 2. The van der Waals surface area contributed by atoms with Gasteiger partial charge in [0.2, 0.25) is 5.95 Å². The van der Waals surface area contributed by atoms with Gasteiger partial charge in [0.1, 0.15) is 0 Å². The Bertz CT molecular complexity index is 356. The van der Waals surface area contributed by atoms with E-state index in [2.05, 4.69) is 41.8 Å². The molecule has 1 aromatic heterocycles. The molecule has 3 heteroatoms.